The second-order valence-corrected chi connectivity index (χ2v) is 6.90. The van der Waals surface area contributed by atoms with Gasteiger partial charge in [-0.25, -0.2) is 9.18 Å². The molecule has 4 rings (SSSR count). The fourth-order valence-electron chi connectivity index (χ4n) is 3.49. The van der Waals surface area contributed by atoms with E-state index < -0.39 is 23.8 Å². The van der Waals surface area contributed by atoms with Gasteiger partial charge in [0.25, 0.3) is 0 Å². The predicted octanol–water partition coefficient (Wildman–Crippen LogP) is 2.37. The Kier molecular flexibility index (Phi) is 5.50. The van der Waals surface area contributed by atoms with Crippen molar-refractivity contribution in [1.29, 1.82) is 0 Å². The van der Waals surface area contributed by atoms with Gasteiger partial charge in [0.1, 0.15) is 11.9 Å². The summed E-state index contributed by atoms with van der Waals surface area (Å²) in [5.74, 6) is 0.419. The third-order valence-electron chi connectivity index (χ3n) is 4.93. The molecule has 1 atom stereocenters. The Labute approximate surface area is 167 Å². The minimum Gasteiger partial charge on any atom is -0.490 e. The summed E-state index contributed by atoms with van der Waals surface area (Å²) in [5.41, 5.74) is 1.02. The van der Waals surface area contributed by atoms with Crippen molar-refractivity contribution >= 4 is 11.9 Å². The Morgan fingerprint density at radius 3 is 2.79 bits per heavy atom. The highest BCUT2D eigenvalue weighted by atomic mass is 19.1. The van der Waals surface area contributed by atoms with Gasteiger partial charge in [0.05, 0.1) is 13.2 Å². The van der Waals surface area contributed by atoms with E-state index in [0.29, 0.717) is 31.3 Å². The van der Waals surface area contributed by atoms with Crippen LogP contribution in [0.25, 0.3) is 0 Å². The topological polar surface area (TPSA) is 79.9 Å². The third-order valence-corrected chi connectivity index (χ3v) is 4.93. The Morgan fingerprint density at radius 1 is 1.17 bits per heavy atom. The highest BCUT2D eigenvalue weighted by Gasteiger charge is 2.35. The number of halogens is 1. The maximum Gasteiger partial charge on any atom is 0.318 e. The second kappa shape index (κ2) is 8.38. The molecule has 0 aliphatic carbocycles. The molecule has 29 heavy (non-hydrogen) atoms. The van der Waals surface area contributed by atoms with Gasteiger partial charge in [-0.3, -0.25) is 4.79 Å². The summed E-state index contributed by atoms with van der Waals surface area (Å²) in [6.07, 6.45) is 0.815. The SMILES string of the molecule is O=C1NCCN(C(=O)NCc2ccc3c(c2)OCCCO3)C1c1ccccc1F. The van der Waals surface area contributed by atoms with E-state index in [2.05, 4.69) is 10.6 Å². The van der Waals surface area contributed by atoms with Crippen LogP contribution in [0.15, 0.2) is 42.5 Å². The number of carbonyl (C=O) groups excluding carboxylic acids is 2. The number of nitrogens with one attached hydrogen (secondary N) is 2. The van der Waals surface area contributed by atoms with Crippen molar-refractivity contribution in [3.8, 4) is 11.5 Å². The maximum absolute atomic E-state index is 14.3. The van der Waals surface area contributed by atoms with E-state index in [-0.39, 0.29) is 18.7 Å². The number of amides is 3. The first-order valence-corrected chi connectivity index (χ1v) is 9.58. The quantitative estimate of drug-likeness (QED) is 0.831. The number of nitrogens with zero attached hydrogens (tertiary/aromatic N) is 1. The largest absolute Gasteiger partial charge is 0.490 e. The highest BCUT2D eigenvalue weighted by molar-refractivity contribution is 5.89. The number of rotatable bonds is 3. The zero-order valence-electron chi connectivity index (χ0n) is 15.8. The zero-order chi connectivity index (χ0) is 20.2. The lowest BCUT2D eigenvalue weighted by atomic mass is 10.0. The summed E-state index contributed by atoms with van der Waals surface area (Å²) < 4.78 is 25.5. The van der Waals surface area contributed by atoms with Gasteiger partial charge in [0.15, 0.2) is 11.5 Å². The van der Waals surface area contributed by atoms with Crippen LogP contribution in [0, 0.1) is 5.82 Å². The van der Waals surface area contributed by atoms with Crippen molar-refractivity contribution in [2.45, 2.75) is 19.0 Å². The standard InChI is InChI=1S/C21H22FN3O4/c22-16-5-2-1-4-15(16)19-20(26)23-8-9-25(19)21(27)24-13-14-6-7-17-18(12-14)29-11-3-10-28-17/h1-2,4-7,12,19H,3,8-11,13H2,(H,23,26)(H,24,27). The lowest BCUT2D eigenvalue weighted by Gasteiger charge is -2.35. The van der Waals surface area contributed by atoms with Crippen LogP contribution in [0.1, 0.15) is 23.6 Å². The first-order valence-electron chi connectivity index (χ1n) is 9.58. The van der Waals surface area contributed by atoms with E-state index in [1.807, 2.05) is 18.2 Å². The normalized spacial score (nSPS) is 18.6. The zero-order valence-corrected chi connectivity index (χ0v) is 15.8. The van der Waals surface area contributed by atoms with Gasteiger partial charge < -0.3 is 25.0 Å². The fraction of sp³-hybridized carbons (Fsp3) is 0.333. The molecule has 2 N–H and O–H groups in total. The molecule has 7 nitrogen and oxygen atoms in total. The van der Waals surface area contributed by atoms with E-state index in [1.54, 1.807) is 12.1 Å². The number of benzene rings is 2. The molecule has 2 heterocycles. The fourth-order valence-corrected chi connectivity index (χ4v) is 3.49. The minimum atomic E-state index is -1.01. The number of fused-ring (bicyclic) bond motifs is 1. The van der Waals surface area contributed by atoms with Crippen LogP contribution in [-0.4, -0.2) is 43.1 Å². The number of ether oxygens (including phenoxy) is 2. The van der Waals surface area contributed by atoms with Crippen LogP contribution in [0.3, 0.4) is 0 Å². The molecule has 0 radical (unpaired) electrons. The average Bonchev–Trinajstić information content (AvgIpc) is 2.97. The Morgan fingerprint density at radius 2 is 1.97 bits per heavy atom. The molecule has 1 unspecified atom stereocenters. The molecule has 0 saturated carbocycles. The summed E-state index contributed by atoms with van der Waals surface area (Å²) in [7, 11) is 0. The van der Waals surface area contributed by atoms with E-state index in [1.165, 1.54) is 17.0 Å². The molecule has 2 aliphatic heterocycles. The highest BCUT2D eigenvalue weighted by Crippen LogP contribution is 2.30. The van der Waals surface area contributed by atoms with Gasteiger partial charge in [-0.1, -0.05) is 24.3 Å². The summed E-state index contributed by atoms with van der Waals surface area (Å²) in [4.78, 5) is 26.6. The molecule has 1 saturated heterocycles. The van der Waals surface area contributed by atoms with E-state index in [4.69, 9.17) is 9.47 Å². The summed E-state index contributed by atoms with van der Waals surface area (Å²) >= 11 is 0. The van der Waals surface area contributed by atoms with Crippen LogP contribution < -0.4 is 20.1 Å². The van der Waals surface area contributed by atoms with Crippen molar-refractivity contribution in [2.75, 3.05) is 26.3 Å². The Bertz CT molecular complexity index is 921. The molecule has 152 valence electrons. The number of hydrogen-bond acceptors (Lipinski definition) is 4. The monoisotopic (exact) mass is 399 g/mol. The molecule has 2 aliphatic rings. The van der Waals surface area contributed by atoms with Gasteiger partial charge in [-0.05, 0) is 23.8 Å². The molecule has 3 amide bonds. The smallest absolute Gasteiger partial charge is 0.318 e. The van der Waals surface area contributed by atoms with Crippen LogP contribution >= 0.6 is 0 Å². The van der Waals surface area contributed by atoms with Crippen LogP contribution in [-0.2, 0) is 11.3 Å². The number of piperazine rings is 1. The predicted molar refractivity (Wildman–Crippen MR) is 103 cm³/mol. The summed E-state index contributed by atoms with van der Waals surface area (Å²) in [6.45, 7) is 2.05. The Hall–Kier alpha value is -3.29. The molecule has 8 heteroatoms. The van der Waals surface area contributed by atoms with E-state index in [0.717, 1.165) is 12.0 Å². The van der Waals surface area contributed by atoms with Gasteiger partial charge in [-0.15, -0.1) is 0 Å². The number of carbonyl (C=O) groups is 2. The third kappa shape index (κ3) is 4.11. The van der Waals surface area contributed by atoms with Gasteiger partial charge in [0, 0.05) is 31.6 Å². The van der Waals surface area contributed by atoms with Gasteiger partial charge >= 0.3 is 6.03 Å². The maximum atomic E-state index is 14.3. The van der Waals surface area contributed by atoms with Crippen LogP contribution in [0.4, 0.5) is 9.18 Å². The summed E-state index contributed by atoms with van der Waals surface area (Å²) in [6, 6.07) is 10.1. The molecule has 2 aromatic carbocycles. The molecule has 0 spiro atoms. The molecule has 0 bridgehead atoms. The van der Waals surface area contributed by atoms with Crippen LogP contribution in [0.2, 0.25) is 0 Å². The molecule has 2 aromatic rings. The van der Waals surface area contributed by atoms with Crippen molar-refractivity contribution < 1.29 is 23.5 Å². The van der Waals surface area contributed by atoms with Crippen LogP contribution in [0.5, 0.6) is 11.5 Å². The molecule has 1 fully saturated rings. The van der Waals surface area contributed by atoms with E-state index in [9.17, 15) is 14.0 Å². The van der Waals surface area contributed by atoms with Gasteiger partial charge in [-0.2, -0.15) is 0 Å². The molecule has 0 aromatic heterocycles. The lowest BCUT2D eigenvalue weighted by Crippen LogP contribution is -2.54. The Balaban J connectivity index is 1.47. The van der Waals surface area contributed by atoms with Gasteiger partial charge in [0.2, 0.25) is 5.91 Å². The number of hydrogen-bond donors (Lipinski definition) is 2. The molecular weight excluding hydrogens is 377 g/mol. The number of urea groups is 1. The average molecular weight is 399 g/mol. The van der Waals surface area contributed by atoms with Crippen molar-refractivity contribution in [3.63, 3.8) is 0 Å². The molecular formula is C21H22FN3O4. The van der Waals surface area contributed by atoms with Crippen molar-refractivity contribution in [2.24, 2.45) is 0 Å². The first kappa shape index (κ1) is 19.0. The minimum absolute atomic E-state index is 0.176. The van der Waals surface area contributed by atoms with E-state index >= 15 is 0 Å². The van der Waals surface area contributed by atoms with Crippen molar-refractivity contribution in [1.82, 2.24) is 15.5 Å². The first-order chi connectivity index (χ1) is 14.1. The second-order valence-electron chi connectivity index (χ2n) is 6.90. The lowest BCUT2D eigenvalue weighted by molar-refractivity contribution is -0.127. The van der Waals surface area contributed by atoms with Crippen molar-refractivity contribution in [3.05, 3.63) is 59.4 Å². The summed E-state index contributed by atoms with van der Waals surface area (Å²) in [5, 5.41) is 5.52.